The van der Waals surface area contributed by atoms with E-state index in [1.165, 1.54) is 11.1 Å². The van der Waals surface area contributed by atoms with E-state index in [0.717, 1.165) is 41.0 Å². The zero-order valence-electron chi connectivity index (χ0n) is 12.6. The van der Waals surface area contributed by atoms with E-state index in [4.69, 9.17) is 4.74 Å². The van der Waals surface area contributed by atoms with E-state index >= 15 is 0 Å². The van der Waals surface area contributed by atoms with Crippen LogP contribution < -0.4 is 10.1 Å². The maximum atomic E-state index is 10.1. The molecule has 0 saturated heterocycles. The van der Waals surface area contributed by atoms with Crippen molar-refractivity contribution in [2.45, 2.75) is 32.3 Å². The predicted octanol–water partition coefficient (Wildman–Crippen LogP) is 4.10. The van der Waals surface area contributed by atoms with Crippen LogP contribution in [0.25, 0.3) is 11.1 Å². The molecule has 4 rings (SSSR count). The Kier molecular flexibility index (Phi) is 2.36. The third-order valence-electron chi connectivity index (χ3n) is 4.72. The van der Waals surface area contributed by atoms with Crippen molar-refractivity contribution in [3.63, 3.8) is 0 Å². The second kappa shape index (κ2) is 3.94. The molecule has 2 aromatic carbocycles. The zero-order valence-corrected chi connectivity index (χ0v) is 12.6. The summed E-state index contributed by atoms with van der Waals surface area (Å²) in [6.07, 6.45) is 2.04. The van der Waals surface area contributed by atoms with Crippen LogP contribution in [0, 0.1) is 13.8 Å². The van der Waals surface area contributed by atoms with Gasteiger partial charge in [-0.3, -0.25) is 0 Å². The van der Waals surface area contributed by atoms with Gasteiger partial charge >= 0.3 is 0 Å². The van der Waals surface area contributed by atoms with Crippen LogP contribution in [-0.2, 0) is 5.60 Å². The Morgan fingerprint density at radius 2 is 1.76 bits per heavy atom. The molecule has 0 unspecified atom stereocenters. The molecule has 0 atom stereocenters. The monoisotopic (exact) mass is 281 g/mol. The van der Waals surface area contributed by atoms with Gasteiger partial charge in [-0.2, -0.15) is 0 Å². The summed E-state index contributed by atoms with van der Waals surface area (Å²) in [6, 6.07) is 8.24. The SMILES string of the molecule is CNc1cc2c(cc1C)-c1cc(C)c(O)cc1C1(CC1)O2. The predicted molar refractivity (Wildman–Crippen MR) is 84.1 cm³/mol. The highest BCUT2D eigenvalue weighted by molar-refractivity contribution is 5.81. The first-order chi connectivity index (χ1) is 10.0. The summed E-state index contributed by atoms with van der Waals surface area (Å²) < 4.78 is 6.30. The summed E-state index contributed by atoms with van der Waals surface area (Å²) >= 11 is 0. The number of anilines is 1. The highest BCUT2D eigenvalue weighted by Gasteiger charge is 2.51. The van der Waals surface area contributed by atoms with Gasteiger partial charge in [-0.05, 0) is 61.6 Å². The summed E-state index contributed by atoms with van der Waals surface area (Å²) in [7, 11) is 1.93. The van der Waals surface area contributed by atoms with Gasteiger partial charge in [-0.15, -0.1) is 0 Å². The van der Waals surface area contributed by atoms with Crippen molar-refractivity contribution in [3.8, 4) is 22.6 Å². The summed E-state index contributed by atoms with van der Waals surface area (Å²) in [5.74, 6) is 1.30. The van der Waals surface area contributed by atoms with Crippen LogP contribution in [0.5, 0.6) is 11.5 Å². The number of ether oxygens (including phenoxy) is 1. The molecule has 2 N–H and O–H groups in total. The molecule has 0 amide bonds. The molecule has 1 aliphatic carbocycles. The molecule has 2 aromatic rings. The average molecular weight is 281 g/mol. The number of nitrogens with one attached hydrogen (secondary N) is 1. The highest BCUT2D eigenvalue weighted by atomic mass is 16.5. The smallest absolute Gasteiger partial charge is 0.135 e. The maximum absolute atomic E-state index is 10.1. The summed E-state index contributed by atoms with van der Waals surface area (Å²) in [4.78, 5) is 0. The molecule has 3 nitrogen and oxygen atoms in total. The molecular formula is C18H19NO2. The lowest BCUT2D eigenvalue weighted by Crippen LogP contribution is -2.21. The number of hydrogen-bond acceptors (Lipinski definition) is 3. The number of aryl methyl sites for hydroxylation is 2. The van der Waals surface area contributed by atoms with E-state index in [-0.39, 0.29) is 5.60 Å². The third kappa shape index (κ3) is 1.67. The maximum Gasteiger partial charge on any atom is 0.135 e. The Labute approximate surface area is 124 Å². The summed E-state index contributed by atoms with van der Waals surface area (Å²) in [6.45, 7) is 4.04. The Hall–Kier alpha value is -2.16. The van der Waals surface area contributed by atoms with E-state index < -0.39 is 0 Å². The fourth-order valence-electron chi connectivity index (χ4n) is 3.30. The number of fused-ring (bicyclic) bond motifs is 4. The third-order valence-corrected chi connectivity index (χ3v) is 4.72. The molecule has 3 heteroatoms. The lowest BCUT2D eigenvalue weighted by atomic mass is 9.88. The number of rotatable bonds is 1. The first-order valence-corrected chi connectivity index (χ1v) is 7.40. The number of aromatic hydroxyl groups is 1. The summed E-state index contributed by atoms with van der Waals surface area (Å²) in [5, 5.41) is 13.3. The molecule has 21 heavy (non-hydrogen) atoms. The molecule has 108 valence electrons. The molecule has 0 aromatic heterocycles. The minimum atomic E-state index is -0.215. The second-order valence-electron chi connectivity index (χ2n) is 6.19. The quantitative estimate of drug-likeness (QED) is 0.827. The van der Waals surface area contributed by atoms with Crippen molar-refractivity contribution in [2.75, 3.05) is 12.4 Å². The van der Waals surface area contributed by atoms with Crippen molar-refractivity contribution in [3.05, 3.63) is 41.0 Å². The first kappa shape index (κ1) is 12.6. The molecule has 0 bridgehead atoms. The molecular weight excluding hydrogens is 262 g/mol. The van der Waals surface area contributed by atoms with E-state index in [9.17, 15) is 5.11 Å². The fraction of sp³-hybridized carbons (Fsp3) is 0.333. The van der Waals surface area contributed by atoms with Gasteiger partial charge in [0.1, 0.15) is 17.1 Å². The van der Waals surface area contributed by atoms with E-state index in [0.29, 0.717) is 5.75 Å². The van der Waals surface area contributed by atoms with Gasteiger partial charge in [0.05, 0.1) is 0 Å². The van der Waals surface area contributed by atoms with Crippen LogP contribution in [0.4, 0.5) is 5.69 Å². The molecule has 1 spiro atoms. The lowest BCUT2D eigenvalue weighted by molar-refractivity contribution is 0.177. The fourth-order valence-corrected chi connectivity index (χ4v) is 3.30. The molecule has 1 saturated carbocycles. The van der Waals surface area contributed by atoms with Gasteiger partial charge in [0.2, 0.25) is 0 Å². The number of phenols is 1. The van der Waals surface area contributed by atoms with Crippen molar-refractivity contribution in [2.24, 2.45) is 0 Å². The van der Waals surface area contributed by atoms with Crippen molar-refractivity contribution in [1.82, 2.24) is 0 Å². The van der Waals surface area contributed by atoms with E-state index in [1.807, 2.05) is 20.0 Å². The normalized spacial score (nSPS) is 16.9. The van der Waals surface area contributed by atoms with Crippen molar-refractivity contribution < 1.29 is 9.84 Å². The standard InChI is InChI=1S/C18H19NO2/c1-10-6-13-12-7-11(2)16(20)8-14(12)18(4-5-18)21-17(13)9-15(10)19-3/h6-9,19-20H,4-5H2,1-3H3. The van der Waals surface area contributed by atoms with Crippen LogP contribution in [0.15, 0.2) is 24.3 Å². The lowest BCUT2D eigenvalue weighted by Gasteiger charge is -2.30. The number of phenolic OH excluding ortho intramolecular Hbond substituents is 1. The molecule has 1 fully saturated rings. The number of benzene rings is 2. The minimum absolute atomic E-state index is 0.215. The summed E-state index contributed by atoms with van der Waals surface area (Å²) in [5.41, 5.74) is 6.46. The van der Waals surface area contributed by atoms with Gasteiger partial charge in [0.25, 0.3) is 0 Å². The second-order valence-corrected chi connectivity index (χ2v) is 6.19. The minimum Gasteiger partial charge on any atom is -0.508 e. The zero-order chi connectivity index (χ0) is 14.8. The van der Waals surface area contributed by atoms with Crippen LogP contribution >= 0.6 is 0 Å². The number of hydrogen-bond donors (Lipinski definition) is 2. The van der Waals surface area contributed by atoms with Crippen LogP contribution in [0.1, 0.15) is 29.5 Å². The molecule has 0 radical (unpaired) electrons. The Bertz CT molecular complexity index is 760. The Morgan fingerprint density at radius 1 is 1.05 bits per heavy atom. The largest absolute Gasteiger partial charge is 0.508 e. The van der Waals surface area contributed by atoms with Crippen molar-refractivity contribution >= 4 is 5.69 Å². The van der Waals surface area contributed by atoms with E-state index in [2.05, 4.69) is 30.4 Å². The Balaban J connectivity index is 2.01. The van der Waals surface area contributed by atoms with Crippen LogP contribution in [-0.4, -0.2) is 12.2 Å². The van der Waals surface area contributed by atoms with Gasteiger partial charge in [-0.25, -0.2) is 0 Å². The molecule has 2 aliphatic rings. The Morgan fingerprint density at radius 3 is 2.43 bits per heavy atom. The first-order valence-electron chi connectivity index (χ1n) is 7.40. The van der Waals surface area contributed by atoms with Gasteiger partial charge < -0.3 is 15.2 Å². The van der Waals surface area contributed by atoms with Crippen LogP contribution in [0.3, 0.4) is 0 Å². The van der Waals surface area contributed by atoms with Gasteiger partial charge in [-0.1, -0.05) is 0 Å². The van der Waals surface area contributed by atoms with Gasteiger partial charge in [0.15, 0.2) is 0 Å². The average Bonchev–Trinajstić information content (AvgIpc) is 3.22. The topological polar surface area (TPSA) is 41.5 Å². The van der Waals surface area contributed by atoms with Crippen LogP contribution in [0.2, 0.25) is 0 Å². The van der Waals surface area contributed by atoms with Crippen molar-refractivity contribution in [1.29, 1.82) is 0 Å². The molecule has 1 aliphatic heterocycles. The van der Waals surface area contributed by atoms with Gasteiger partial charge in [0, 0.05) is 29.9 Å². The molecule has 1 heterocycles. The highest BCUT2D eigenvalue weighted by Crippen LogP contribution is 2.58. The van der Waals surface area contributed by atoms with E-state index in [1.54, 1.807) is 0 Å².